The fourth-order valence-electron chi connectivity index (χ4n) is 3.66. The number of para-hydroxylation sites is 2. The van der Waals surface area contributed by atoms with Crippen molar-refractivity contribution < 1.29 is 14.3 Å². The number of hydrogen-bond donors (Lipinski definition) is 2. The number of carbonyl (C=O) groups excluding carboxylic acids is 1. The van der Waals surface area contributed by atoms with Crippen LogP contribution in [0.15, 0.2) is 48.7 Å². The number of fused-ring (bicyclic) bond motifs is 2. The van der Waals surface area contributed by atoms with Crippen LogP contribution in [-0.4, -0.2) is 23.7 Å². The molecule has 3 aromatic rings. The predicted molar refractivity (Wildman–Crippen MR) is 110 cm³/mol. The molecule has 0 aliphatic carbocycles. The predicted octanol–water partition coefficient (Wildman–Crippen LogP) is 4.58. The number of amides is 1. The number of aromatic amines is 1. The van der Waals surface area contributed by atoms with Crippen LogP contribution in [-0.2, 0) is 4.79 Å². The topological polar surface area (TPSA) is 63.4 Å². The summed E-state index contributed by atoms with van der Waals surface area (Å²) in [5, 5.41) is 4.26. The fourth-order valence-corrected chi connectivity index (χ4v) is 3.66. The molecule has 0 fully saturated rings. The summed E-state index contributed by atoms with van der Waals surface area (Å²) in [6.45, 7) is 6.47. The molecule has 0 saturated heterocycles. The van der Waals surface area contributed by atoms with E-state index in [1.807, 2.05) is 49.5 Å². The highest BCUT2D eigenvalue weighted by Crippen LogP contribution is 2.44. The van der Waals surface area contributed by atoms with Crippen molar-refractivity contribution in [2.24, 2.45) is 5.92 Å². The van der Waals surface area contributed by atoms with Crippen molar-refractivity contribution in [2.45, 2.75) is 39.2 Å². The molecule has 1 aliphatic heterocycles. The van der Waals surface area contributed by atoms with Gasteiger partial charge in [-0.05, 0) is 30.5 Å². The second-order valence-electron chi connectivity index (χ2n) is 7.73. The van der Waals surface area contributed by atoms with Gasteiger partial charge in [0.15, 0.2) is 11.5 Å². The third-order valence-corrected chi connectivity index (χ3v) is 5.58. The first-order valence-electron chi connectivity index (χ1n) is 9.78. The first-order chi connectivity index (χ1) is 13.5. The van der Waals surface area contributed by atoms with Crippen LogP contribution >= 0.6 is 0 Å². The molecule has 28 heavy (non-hydrogen) atoms. The van der Waals surface area contributed by atoms with E-state index in [0.717, 1.165) is 33.5 Å². The van der Waals surface area contributed by atoms with Crippen molar-refractivity contribution in [3.8, 4) is 11.5 Å². The Balaban J connectivity index is 1.74. The van der Waals surface area contributed by atoms with Crippen LogP contribution in [0.1, 0.15) is 44.2 Å². The van der Waals surface area contributed by atoms with Gasteiger partial charge in [-0.2, -0.15) is 0 Å². The largest absolute Gasteiger partial charge is 0.454 e. The summed E-state index contributed by atoms with van der Waals surface area (Å²) in [4.78, 5) is 16.2. The van der Waals surface area contributed by atoms with Gasteiger partial charge in [-0.1, -0.05) is 44.2 Å². The maximum absolute atomic E-state index is 12.9. The smallest absolute Gasteiger partial charge is 0.231 e. The third-order valence-electron chi connectivity index (χ3n) is 5.58. The molecular weight excluding hydrogens is 352 g/mol. The Morgan fingerprint density at radius 3 is 2.71 bits per heavy atom. The first-order valence-corrected chi connectivity index (χ1v) is 9.78. The maximum atomic E-state index is 12.9. The number of benzene rings is 2. The lowest BCUT2D eigenvalue weighted by Crippen LogP contribution is -2.36. The van der Waals surface area contributed by atoms with Gasteiger partial charge in [0.25, 0.3) is 0 Å². The molecule has 2 heterocycles. The lowest BCUT2D eigenvalue weighted by atomic mass is 9.87. The number of carbonyl (C=O) groups is 1. The van der Waals surface area contributed by atoms with Crippen LogP contribution in [0.5, 0.6) is 11.5 Å². The summed E-state index contributed by atoms with van der Waals surface area (Å²) in [5.41, 5.74) is 3.13. The van der Waals surface area contributed by atoms with Gasteiger partial charge in [0.05, 0.1) is 0 Å². The molecule has 0 bridgehead atoms. The lowest BCUT2D eigenvalue weighted by molar-refractivity contribution is -0.122. The van der Waals surface area contributed by atoms with Crippen molar-refractivity contribution >= 4 is 16.8 Å². The summed E-state index contributed by atoms with van der Waals surface area (Å²) in [5.74, 6) is 1.76. The van der Waals surface area contributed by atoms with Gasteiger partial charge < -0.3 is 19.8 Å². The quantitative estimate of drug-likeness (QED) is 0.660. The number of ether oxygens (including phenoxy) is 2. The lowest BCUT2D eigenvalue weighted by Gasteiger charge is -2.22. The van der Waals surface area contributed by atoms with Crippen LogP contribution in [0.25, 0.3) is 10.9 Å². The minimum Gasteiger partial charge on any atom is -0.454 e. The van der Waals surface area contributed by atoms with E-state index in [9.17, 15) is 4.79 Å². The van der Waals surface area contributed by atoms with Crippen molar-refractivity contribution in [1.82, 2.24) is 10.3 Å². The van der Waals surface area contributed by atoms with E-state index in [4.69, 9.17) is 9.47 Å². The van der Waals surface area contributed by atoms with Crippen LogP contribution < -0.4 is 14.8 Å². The molecule has 0 saturated carbocycles. The summed E-state index contributed by atoms with van der Waals surface area (Å²) in [7, 11) is 0. The Hall–Kier alpha value is -2.95. The van der Waals surface area contributed by atoms with Crippen molar-refractivity contribution in [3.63, 3.8) is 0 Å². The number of aromatic nitrogens is 1. The van der Waals surface area contributed by atoms with Crippen LogP contribution in [0.4, 0.5) is 0 Å². The molecule has 0 spiro atoms. The van der Waals surface area contributed by atoms with Gasteiger partial charge in [-0.15, -0.1) is 0 Å². The highest BCUT2D eigenvalue weighted by molar-refractivity contribution is 5.86. The summed E-state index contributed by atoms with van der Waals surface area (Å²) >= 11 is 0. The molecule has 2 unspecified atom stereocenters. The minimum atomic E-state index is -0.132. The molecule has 1 amide bonds. The van der Waals surface area contributed by atoms with E-state index in [1.54, 1.807) is 0 Å². The number of H-pyrrole nitrogens is 1. The maximum Gasteiger partial charge on any atom is 0.231 e. The monoisotopic (exact) mass is 378 g/mol. The van der Waals surface area contributed by atoms with E-state index >= 15 is 0 Å². The zero-order chi connectivity index (χ0) is 19.7. The normalized spacial score (nSPS) is 15.0. The molecule has 0 radical (unpaired) electrons. The standard InChI is InChI=1S/C23H26N2O3/c1-14(2)15(3)25-22(26)11-18(17-8-6-10-21-23(17)28-13-27-21)19-12-24-20-9-5-4-7-16(19)20/h4-10,12,14-15,18,24H,11,13H2,1-3H3,(H,25,26). The number of rotatable bonds is 6. The van der Waals surface area contributed by atoms with Crippen molar-refractivity contribution in [1.29, 1.82) is 0 Å². The average molecular weight is 378 g/mol. The van der Waals surface area contributed by atoms with Gasteiger partial charge >= 0.3 is 0 Å². The Bertz CT molecular complexity index is 992. The Morgan fingerprint density at radius 1 is 1.07 bits per heavy atom. The molecule has 2 aromatic carbocycles. The zero-order valence-electron chi connectivity index (χ0n) is 16.5. The van der Waals surface area contributed by atoms with Gasteiger partial charge in [0.2, 0.25) is 12.7 Å². The van der Waals surface area contributed by atoms with Crippen LogP contribution in [0, 0.1) is 5.92 Å². The van der Waals surface area contributed by atoms with Gasteiger partial charge in [-0.25, -0.2) is 0 Å². The zero-order valence-corrected chi connectivity index (χ0v) is 16.5. The number of nitrogens with one attached hydrogen (secondary N) is 2. The van der Waals surface area contributed by atoms with E-state index in [-0.39, 0.29) is 24.7 Å². The van der Waals surface area contributed by atoms with E-state index in [0.29, 0.717) is 12.3 Å². The van der Waals surface area contributed by atoms with Crippen molar-refractivity contribution in [3.05, 3.63) is 59.8 Å². The van der Waals surface area contributed by atoms with E-state index < -0.39 is 0 Å². The summed E-state index contributed by atoms with van der Waals surface area (Å²) in [6, 6.07) is 14.2. The minimum absolute atomic E-state index is 0.0352. The van der Waals surface area contributed by atoms with Crippen LogP contribution in [0.3, 0.4) is 0 Å². The SMILES string of the molecule is CC(C)C(C)NC(=O)CC(c1cccc2c1OCO2)c1c[nH]c2ccccc12. The molecule has 4 rings (SSSR count). The fraction of sp³-hybridized carbons (Fsp3) is 0.348. The van der Waals surface area contributed by atoms with Gasteiger partial charge in [0, 0.05) is 41.0 Å². The highest BCUT2D eigenvalue weighted by Gasteiger charge is 2.28. The van der Waals surface area contributed by atoms with Gasteiger partial charge in [-0.3, -0.25) is 4.79 Å². The average Bonchev–Trinajstić information content (AvgIpc) is 3.32. The first kappa shape index (κ1) is 18.4. The van der Waals surface area contributed by atoms with Crippen LogP contribution in [0.2, 0.25) is 0 Å². The molecule has 146 valence electrons. The Labute approximate surface area is 165 Å². The molecular formula is C23H26N2O3. The second-order valence-corrected chi connectivity index (χ2v) is 7.73. The van der Waals surface area contributed by atoms with E-state index in [1.165, 1.54) is 0 Å². The second kappa shape index (κ2) is 7.58. The molecule has 1 aliphatic rings. The summed E-state index contributed by atoms with van der Waals surface area (Å²) in [6.07, 6.45) is 2.35. The molecule has 5 nitrogen and oxygen atoms in total. The Morgan fingerprint density at radius 2 is 1.89 bits per heavy atom. The molecule has 1 aromatic heterocycles. The Kier molecular flexibility index (Phi) is 4.99. The molecule has 5 heteroatoms. The summed E-state index contributed by atoms with van der Waals surface area (Å²) < 4.78 is 11.3. The van der Waals surface area contributed by atoms with Crippen molar-refractivity contribution in [2.75, 3.05) is 6.79 Å². The third kappa shape index (κ3) is 3.44. The number of hydrogen-bond acceptors (Lipinski definition) is 3. The van der Waals surface area contributed by atoms with E-state index in [2.05, 4.69) is 30.2 Å². The molecule has 2 N–H and O–H groups in total. The highest BCUT2D eigenvalue weighted by atomic mass is 16.7. The molecule has 2 atom stereocenters. The van der Waals surface area contributed by atoms with Gasteiger partial charge in [0.1, 0.15) is 0 Å².